The summed E-state index contributed by atoms with van der Waals surface area (Å²) in [5, 5.41) is 18.7. The standard InChI is InChI=1S/C26H40N4O6/c1-26(2,3)36-25(35)30-20(15-21(27)31)23(33)29-19(14-17-10-6-4-7-11-17)22(32)24(34)28-16-18-12-8-5-9-13-18/h4,6-7,10-11,18-20,22,32H,5,8-9,12-16H2,1-3H3,(H2,27,31)(H,28,34)(H,29,33)(H,30,35)/t19-,20-,22+/m0/s1. The Kier molecular flexibility index (Phi) is 11.2. The first kappa shape index (κ1) is 29.1. The number of hydrogen-bond donors (Lipinski definition) is 5. The van der Waals surface area contributed by atoms with E-state index < -0.39 is 54.0 Å². The quantitative estimate of drug-likeness (QED) is 0.307. The summed E-state index contributed by atoms with van der Waals surface area (Å²) in [4.78, 5) is 49.7. The van der Waals surface area contributed by atoms with Crippen LogP contribution in [0.1, 0.15) is 64.9 Å². The number of ether oxygens (including phenoxy) is 1. The third kappa shape index (κ3) is 10.6. The number of primary amides is 1. The molecule has 1 saturated carbocycles. The molecule has 10 heteroatoms. The predicted octanol–water partition coefficient (Wildman–Crippen LogP) is 1.54. The van der Waals surface area contributed by atoms with E-state index in [-0.39, 0.29) is 6.42 Å². The topological polar surface area (TPSA) is 160 Å². The zero-order chi connectivity index (χ0) is 26.7. The third-order valence-corrected chi connectivity index (χ3v) is 5.98. The lowest BCUT2D eigenvalue weighted by Gasteiger charge is -2.28. The van der Waals surface area contributed by atoms with Crippen LogP contribution in [0.15, 0.2) is 30.3 Å². The summed E-state index contributed by atoms with van der Waals surface area (Å²) in [6.07, 6.45) is 2.75. The Morgan fingerprint density at radius 2 is 1.67 bits per heavy atom. The molecular weight excluding hydrogens is 464 g/mol. The summed E-state index contributed by atoms with van der Waals surface area (Å²) >= 11 is 0. The Hall–Kier alpha value is -3.14. The number of rotatable bonds is 11. The second kappa shape index (κ2) is 13.8. The summed E-state index contributed by atoms with van der Waals surface area (Å²) in [7, 11) is 0. The SMILES string of the molecule is CC(C)(C)OC(=O)N[C@@H](CC(N)=O)C(=O)N[C@@H](Cc1ccccc1)[C@@H](O)C(=O)NCC1CCCCC1. The number of nitrogens with one attached hydrogen (secondary N) is 3. The van der Waals surface area contributed by atoms with Gasteiger partial charge in [0.25, 0.3) is 5.91 Å². The molecular formula is C26H40N4O6. The minimum atomic E-state index is -1.55. The molecule has 2 rings (SSSR count). The molecule has 0 unspecified atom stereocenters. The van der Waals surface area contributed by atoms with Gasteiger partial charge in [0.05, 0.1) is 12.5 Å². The number of hydrogen-bond acceptors (Lipinski definition) is 6. The van der Waals surface area contributed by atoms with E-state index in [1.165, 1.54) is 6.42 Å². The van der Waals surface area contributed by atoms with Gasteiger partial charge >= 0.3 is 6.09 Å². The van der Waals surface area contributed by atoms with E-state index in [0.29, 0.717) is 12.5 Å². The molecule has 6 N–H and O–H groups in total. The van der Waals surface area contributed by atoms with Crippen LogP contribution < -0.4 is 21.7 Å². The van der Waals surface area contributed by atoms with Gasteiger partial charge in [0.1, 0.15) is 11.6 Å². The monoisotopic (exact) mass is 504 g/mol. The number of benzene rings is 1. The molecule has 0 spiro atoms. The van der Waals surface area contributed by atoms with E-state index >= 15 is 0 Å². The smallest absolute Gasteiger partial charge is 0.408 e. The molecule has 1 aromatic rings. The molecule has 0 radical (unpaired) electrons. The second-order valence-electron chi connectivity index (χ2n) is 10.4. The molecule has 0 heterocycles. The molecule has 36 heavy (non-hydrogen) atoms. The van der Waals surface area contributed by atoms with Crippen molar-refractivity contribution in [3.63, 3.8) is 0 Å². The highest BCUT2D eigenvalue weighted by Crippen LogP contribution is 2.22. The second-order valence-corrected chi connectivity index (χ2v) is 10.4. The number of aliphatic hydroxyl groups is 1. The molecule has 0 aromatic heterocycles. The van der Waals surface area contributed by atoms with Crippen LogP contribution in [0, 0.1) is 5.92 Å². The normalized spacial score (nSPS) is 16.8. The van der Waals surface area contributed by atoms with Crippen LogP contribution in [-0.4, -0.2) is 59.3 Å². The van der Waals surface area contributed by atoms with Crippen LogP contribution in [0.2, 0.25) is 0 Å². The Balaban J connectivity index is 2.12. The van der Waals surface area contributed by atoms with Gasteiger partial charge < -0.3 is 31.5 Å². The average molecular weight is 505 g/mol. The van der Waals surface area contributed by atoms with E-state index in [4.69, 9.17) is 10.5 Å². The van der Waals surface area contributed by atoms with Crippen molar-refractivity contribution in [2.45, 2.75) is 89.5 Å². The maximum atomic E-state index is 13.1. The van der Waals surface area contributed by atoms with E-state index in [1.54, 1.807) is 20.8 Å². The predicted molar refractivity (Wildman–Crippen MR) is 135 cm³/mol. The highest BCUT2D eigenvalue weighted by atomic mass is 16.6. The van der Waals surface area contributed by atoms with Crippen LogP contribution >= 0.6 is 0 Å². The van der Waals surface area contributed by atoms with Crippen molar-refractivity contribution < 1.29 is 29.0 Å². The summed E-state index contributed by atoms with van der Waals surface area (Å²) < 4.78 is 5.18. The molecule has 0 saturated heterocycles. The molecule has 1 aliphatic rings. The van der Waals surface area contributed by atoms with Gasteiger partial charge in [-0.05, 0) is 51.5 Å². The number of aliphatic hydroxyl groups excluding tert-OH is 1. The van der Waals surface area contributed by atoms with Crippen molar-refractivity contribution in [3.8, 4) is 0 Å². The van der Waals surface area contributed by atoms with Gasteiger partial charge in [0.2, 0.25) is 11.8 Å². The van der Waals surface area contributed by atoms with Gasteiger partial charge in [0, 0.05) is 6.54 Å². The number of nitrogens with two attached hydrogens (primary N) is 1. The maximum Gasteiger partial charge on any atom is 0.408 e. The van der Waals surface area contributed by atoms with Gasteiger partial charge in [0.15, 0.2) is 6.10 Å². The zero-order valence-corrected chi connectivity index (χ0v) is 21.4. The first-order valence-electron chi connectivity index (χ1n) is 12.5. The Morgan fingerprint density at radius 3 is 2.25 bits per heavy atom. The Labute approximate surface area is 212 Å². The molecule has 1 aromatic carbocycles. The van der Waals surface area contributed by atoms with E-state index in [2.05, 4.69) is 16.0 Å². The summed E-state index contributed by atoms with van der Waals surface area (Å²) in [6.45, 7) is 5.45. The Bertz CT molecular complexity index is 880. The third-order valence-electron chi connectivity index (χ3n) is 5.98. The highest BCUT2D eigenvalue weighted by molar-refractivity contribution is 5.91. The van der Waals surface area contributed by atoms with Crippen LogP contribution in [-0.2, 0) is 25.5 Å². The molecule has 200 valence electrons. The van der Waals surface area contributed by atoms with Crippen LogP contribution in [0.25, 0.3) is 0 Å². The van der Waals surface area contributed by atoms with Crippen molar-refractivity contribution >= 4 is 23.8 Å². The first-order chi connectivity index (χ1) is 16.9. The Morgan fingerprint density at radius 1 is 1.03 bits per heavy atom. The summed E-state index contributed by atoms with van der Waals surface area (Å²) in [5.74, 6) is -1.79. The van der Waals surface area contributed by atoms with Gasteiger partial charge in [-0.1, -0.05) is 49.6 Å². The van der Waals surface area contributed by atoms with Crippen LogP contribution in [0.3, 0.4) is 0 Å². The maximum absolute atomic E-state index is 13.1. The van der Waals surface area contributed by atoms with Crippen molar-refractivity contribution in [1.82, 2.24) is 16.0 Å². The highest BCUT2D eigenvalue weighted by Gasteiger charge is 2.32. The minimum absolute atomic E-state index is 0.153. The molecule has 3 atom stereocenters. The fraction of sp³-hybridized carbons (Fsp3) is 0.615. The van der Waals surface area contributed by atoms with Crippen molar-refractivity contribution in [1.29, 1.82) is 0 Å². The summed E-state index contributed by atoms with van der Waals surface area (Å²) in [6, 6.07) is 6.72. The molecule has 1 aliphatic carbocycles. The van der Waals surface area contributed by atoms with Crippen molar-refractivity contribution in [3.05, 3.63) is 35.9 Å². The van der Waals surface area contributed by atoms with E-state index in [9.17, 15) is 24.3 Å². The number of carbonyl (C=O) groups excluding carboxylic acids is 4. The minimum Gasteiger partial charge on any atom is -0.444 e. The van der Waals surface area contributed by atoms with Crippen molar-refractivity contribution in [2.75, 3.05) is 6.54 Å². The molecule has 1 fully saturated rings. The summed E-state index contributed by atoms with van der Waals surface area (Å²) in [5.41, 5.74) is 5.25. The van der Waals surface area contributed by atoms with Gasteiger partial charge in [-0.25, -0.2) is 4.79 Å². The van der Waals surface area contributed by atoms with Crippen LogP contribution in [0.5, 0.6) is 0 Å². The fourth-order valence-corrected chi connectivity index (χ4v) is 4.18. The number of alkyl carbamates (subject to hydrolysis) is 1. The zero-order valence-electron chi connectivity index (χ0n) is 21.4. The average Bonchev–Trinajstić information content (AvgIpc) is 2.81. The molecule has 0 aliphatic heterocycles. The van der Waals surface area contributed by atoms with E-state index in [0.717, 1.165) is 31.2 Å². The fourth-order valence-electron chi connectivity index (χ4n) is 4.18. The number of amides is 4. The molecule has 10 nitrogen and oxygen atoms in total. The lowest BCUT2D eigenvalue weighted by Crippen LogP contribution is -2.57. The van der Waals surface area contributed by atoms with Gasteiger partial charge in [-0.3, -0.25) is 14.4 Å². The molecule has 0 bridgehead atoms. The number of carbonyl (C=O) groups is 4. The first-order valence-corrected chi connectivity index (χ1v) is 12.5. The van der Waals surface area contributed by atoms with E-state index in [1.807, 2.05) is 30.3 Å². The largest absolute Gasteiger partial charge is 0.444 e. The van der Waals surface area contributed by atoms with Crippen LogP contribution in [0.4, 0.5) is 4.79 Å². The lowest BCUT2D eigenvalue weighted by molar-refractivity contribution is -0.133. The van der Waals surface area contributed by atoms with Gasteiger partial charge in [-0.2, -0.15) is 0 Å². The van der Waals surface area contributed by atoms with Gasteiger partial charge in [-0.15, -0.1) is 0 Å². The lowest BCUT2D eigenvalue weighted by atomic mass is 9.89. The molecule has 4 amide bonds. The van der Waals surface area contributed by atoms with Crippen molar-refractivity contribution in [2.24, 2.45) is 11.7 Å².